The average molecular weight is 184 g/mol. The second-order valence-corrected chi connectivity index (χ2v) is 2.93. The molecule has 3 heteroatoms. The summed E-state index contributed by atoms with van der Waals surface area (Å²) < 4.78 is 22.8. The van der Waals surface area contributed by atoms with Gasteiger partial charge in [0.05, 0.1) is 6.10 Å². The first-order valence-corrected chi connectivity index (χ1v) is 4.18. The van der Waals surface area contributed by atoms with E-state index in [-0.39, 0.29) is 18.7 Å². The normalized spacial score (nSPS) is 10.5. The van der Waals surface area contributed by atoms with Crippen molar-refractivity contribution in [2.24, 2.45) is 0 Å². The van der Waals surface area contributed by atoms with Crippen molar-refractivity contribution in [3.63, 3.8) is 0 Å². The molecule has 2 nitrogen and oxygen atoms in total. The van der Waals surface area contributed by atoms with Crippen molar-refractivity contribution in [2.45, 2.75) is 20.0 Å². The van der Waals surface area contributed by atoms with E-state index in [1.807, 2.05) is 13.8 Å². The molecule has 0 aromatic heterocycles. The molecule has 0 spiro atoms. The molecular formula is C10H13FO2. The molecule has 0 atom stereocenters. The van der Waals surface area contributed by atoms with Crippen LogP contribution in [-0.2, 0) is 4.74 Å². The van der Waals surface area contributed by atoms with Crippen molar-refractivity contribution in [3.8, 4) is 5.75 Å². The minimum absolute atomic E-state index is 0.139. The van der Waals surface area contributed by atoms with Crippen LogP contribution < -0.4 is 4.74 Å². The Morgan fingerprint density at radius 3 is 2.38 bits per heavy atom. The zero-order valence-corrected chi connectivity index (χ0v) is 7.79. The number of ether oxygens (including phenoxy) is 2. The van der Waals surface area contributed by atoms with Gasteiger partial charge in [0.2, 0.25) is 0 Å². The van der Waals surface area contributed by atoms with E-state index in [0.717, 1.165) is 0 Å². The van der Waals surface area contributed by atoms with Gasteiger partial charge in [-0.25, -0.2) is 4.39 Å². The standard InChI is InChI=1S/C10H13FO2/c1-8(2)12-7-13-10-5-3-9(11)4-6-10/h3-6,8H,7H2,1-2H3. The van der Waals surface area contributed by atoms with Crippen LogP contribution in [0, 0.1) is 5.82 Å². The Labute approximate surface area is 77.3 Å². The third kappa shape index (κ3) is 3.90. The predicted molar refractivity (Wildman–Crippen MR) is 48.1 cm³/mol. The number of halogens is 1. The monoisotopic (exact) mass is 184 g/mol. The third-order valence-electron chi connectivity index (χ3n) is 1.44. The molecule has 0 heterocycles. The van der Waals surface area contributed by atoms with Crippen LogP contribution in [0.3, 0.4) is 0 Å². The quantitative estimate of drug-likeness (QED) is 0.669. The Bertz CT molecular complexity index is 244. The molecule has 0 amide bonds. The van der Waals surface area contributed by atoms with Gasteiger partial charge in [0, 0.05) is 0 Å². The first-order valence-electron chi connectivity index (χ1n) is 4.18. The van der Waals surface area contributed by atoms with Crippen LogP contribution in [0.2, 0.25) is 0 Å². The fourth-order valence-corrected chi connectivity index (χ4v) is 0.769. The smallest absolute Gasteiger partial charge is 0.189 e. The Hall–Kier alpha value is -1.09. The van der Waals surface area contributed by atoms with Crippen LogP contribution in [0.25, 0.3) is 0 Å². The molecule has 1 rings (SSSR count). The average Bonchev–Trinajstić information content (AvgIpc) is 2.08. The van der Waals surface area contributed by atoms with Crippen molar-refractivity contribution >= 4 is 0 Å². The highest BCUT2D eigenvalue weighted by atomic mass is 19.1. The predicted octanol–water partition coefficient (Wildman–Crippen LogP) is 2.59. The first kappa shape index (κ1) is 9.99. The zero-order chi connectivity index (χ0) is 9.68. The molecule has 1 aromatic carbocycles. The Balaban J connectivity index is 2.33. The van der Waals surface area contributed by atoms with Crippen molar-refractivity contribution in [1.82, 2.24) is 0 Å². The number of benzene rings is 1. The molecule has 0 aliphatic heterocycles. The Morgan fingerprint density at radius 2 is 1.85 bits per heavy atom. The largest absolute Gasteiger partial charge is 0.468 e. The maximum absolute atomic E-state index is 12.5. The van der Waals surface area contributed by atoms with Gasteiger partial charge in [-0.1, -0.05) is 0 Å². The van der Waals surface area contributed by atoms with E-state index in [1.54, 1.807) is 12.1 Å². The number of hydrogen-bond acceptors (Lipinski definition) is 2. The highest BCUT2D eigenvalue weighted by Gasteiger charge is 1.95. The lowest BCUT2D eigenvalue weighted by atomic mass is 10.3. The third-order valence-corrected chi connectivity index (χ3v) is 1.44. The topological polar surface area (TPSA) is 18.5 Å². The fourth-order valence-electron chi connectivity index (χ4n) is 0.769. The molecule has 1 aromatic rings. The molecule has 72 valence electrons. The SMILES string of the molecule is CC(C)OCOc1ccc(F)cc1. The van der Waals surface area contributed by atoms with E-state index < -0.39 is 0 Å². The Morgan fingerprint density at radius 1 is 1.23 bits per heavy atom. The summed E-state index contributed by atoms with van der Waals surface area (Å²) in [6.45, 7) is 4.05. The minimum Gasteiger partial charge on any atom is -0.468 e. The summed E-state index contributed by atoms with van der Waals surface area (Å²) in [7, 11) is 0. The summed E-state index contributed by atoms with van der Waals surface area (Å²) in [5, 5.41) is 0. The van der Waals surface area contributed by atoms with Gasteiger partial charge in [-0.05, 0) is 38.1 Å². The van der Waals surface area contributed by atoms with Crippen molar-refractivity contribution in [3.05, 3.63) is 30.1 Å². The highest BCUT2D eigenvalue weighted by molar-refractivity contribution is 5.21. The summed E-state index contributed by atoms with van der Waals surface area (Å²) in [6.07, 6.45) is 0.139. The van der Waals surface area contributed by atoms with E-state index in [4.69, 9.17) is 9.47 Å². The molecule has 0 saturated heterocycles. The minimum atomic E-state index is -0.267. The molecule has 0 aliphatic rings. The molecule has 0 fully saturated rings. The van der Waals surface area contributed by atoms with Crippen molar-refractivity contribution in [2.75, 3.05) is 6.79 Å². The molecule has 0 unspecified atom stereocenters. The first-order chi connectivity index (χ1) is 6.18. The zero-order valence-electron chi connectivity index (χ0n) is 7.79. The van der Waals surface area contributed by atoms with Gasteiger partial charge in [-0.3, -0.25) is 0 Å². The molecule has 0 bridgehead atoms. The van der Waals surface area contributed by atoms with E-state index in [2.05, 4.69) is 0 Å². The lowest BCUT2D eigenvalue weighted by Gasteiger charge is -2.08. The maximum Gasteiger partial charge on any atom is 0.189 e. The summed E-state index contributed by atoms with van der Waals surface area (Å²) in [5.74, 6) is 0.346. The number of rotatable bonds is 4. The van der Waals surface area contributed by atoms with Crippen LogP contribution >= 0.6 is 0 Å². The second kappa shape index (κ2) is 4.82. The molecule has 13 heavy (non-hydrogen) atoms. The van der Waals surface area contributed by atoms with Gasteiger partial charge >= 0.3 is 0 Å². The van der Waals surface area contributed by atoms with Gasteiger partial charge in [-0.2, -0.15) is 0 Å². The van der Waals surface area contributed by atoms with Crippen LogP contribution in [0.1, 0.15) is 13.8 Å². The van der Waals surface area contributed by atoms with Gasteiger partial charge in [0.1, 0.15) is 11.6 Å². The summed E-state index contributed by atoms with van der Waals surface area (Å²) in [5.41, 5.74) is 0. The Kier molecular flexibility index (Phi) is 3.71. The van der Waals surface area contributed by atoms with Gasteiger partial charge < -0.3 is 9.47 Å². The number of hydrogen-bond donors (Lipinski definition) is 0. The van der Waals surface area contributed by atoms with E-state index >= 15 is 0 Å². The maximum atomic E-state index is 12.5. The van der Waals surface area contributed by atoms with E-state index in [9.17, 15) is 4.39 Å². The van der Waals surface area contributed by atoms with Crippen molar-refractivity contribution in [1.29, 1.82) is 0 Å². The van der Waals surface area contributed by atoms with Crippen LogP contribution in [0.5, 0.6) is 5.75 Å². The van der Waals surface area contributed by atoms with E-state index in [1.165, 1.54) is 12.1 Å². The van der Waals surface area contributed by atoms with Crippen molar-refractivity contribution < 1.29 is 13.9 Å². The molecule has 0 radical (unpaired) electrons. The lowest BCUT2D eigenvalue weighted by molar-refractivity contribution is -0.0200. The molecule has 0 aliphatic carbocycles. The molecular weight excluding hydrogens is 171 g/mol. The van der Waals surface area contributed by atoms with E-state index in [0.29, 0.717) is 5.75 Å². The van der Waals surface area contributed by atoms with Gasteiger partial charge in [-0.15, -0.1) is 0 Å². The van der Waals surface area contributed by atoms with Crippen LogP contribution in [0.4, 0.5) is 4.39 Å². The molecule has 0 N–H and O–H groups in total. The van der Waals surface area contributed by atoms with Crippen LogP contribution in [-0.4, -0.2) is 12.9 Å². The van der Waals surface area contributed by atoms with Crippen LogP contribution in [0.15, 0.2) is 24.3 Å². The molecule has 0 saturated carbocycles. The summed E-state index contributed by atoms with van der Waals surface area (Å²) in [4.78, 5) is 0. The highest BCUT2D eigenvalue weighted by Crippen LogP contribution is 2.10. The summed E-state index contributed by atoms with van der Waals surface area (Å²) in [6, 6.07) is 5.84. The van der Waals surface area contributed by atoms with Gasteiger partial charge in [0.15, 0.2) is 6.79 Å². The fraction of sp³-hybridized carbons (Fsp3) is 0.400. The second-order valence-electron chi connectivity index (χ2n) is 2.93. The summed E-state index contributed by atoms with van der Waals surface area (Å²) >= 11 is 0. The lowest BCUT2D eigenvalue weighted by Crippen LogP contribution is -2.08. The van der Waals surface area contributed by atoms with Gasteiger partial charge in [0.25, 0.3) is 0 Å².